The van der Waals surface area contributed by atoms with Crippen molar-refractivity contribution in [3.05, 3.63) is 23.3 Å². The number of carbonyl (C=O) groups is 1. The molecule has 1 aliphatic heterocycles. The largest absolute Gasteiger partial charge is 0.333 e. The highest BCUT2D eigenvalue weighted by Gasteiger charge is 2.54. The predicted molar refractivity (Wildman–Crippen MR) is 72.8 cm³/mol. The zero-order chi connectivity index (χ0) is 13.8. The van der Waals surface area contributed by atoms with E-state index in [4.69, 9.17) is 0 Å². The Kier molecular flexibility index (Phi) is 2.66. The summed E-state index contributed by atoms with van der Waals surface area (Å²) in [5, 5.41) is 0. The summed E-state index contributed by atoms with van der Waals surface area (Å²) in [6, 6.07) is 2.19. The van der Waals surface area contributed by atoms with Crippen LogP contribution in [0.25, 0.3) is 0 Å². The minimum atomic E-state index is 0.0739. The highest BCUT2D eigenvalue weighted by Crippen LogP contribution is 2.50. The molecule has 0 spiro atoms. The van der Waals surface area contributed by atoms with Crippen LogP contribution in [0.5, 0.6) is 0 Å². The molecule has 0 unspecified atom stereocenters. The van der Waals surface area contributed by atoms with Gasteiger partial charge in [-0.05, 0) is 38.7 Å². The highest BCUT2D eigenvalue weighted by molar-refractivity contribution is 5.93. The summed E-state index contributed by atoms with van der Waals surface area (Å²) in [5.41, 5.74) is 1.67. The summed E-state index contributed by atoms with van der Waals surface area (Å²) in [6.45, 7) is 9.10. The Balaban J connectivity index is 1.84. The molecule has 19 heavy (non-hydrogen) atoms. The topological polar surface area (TPSA) is 46.1 Å². The van der Waals surface area contributed by atoms with Gasteiger partial charge in [0.15, 0.2) is 0 Å². The molecule has 1 aromatic rings. The van der Waals surface area contributed by atoms with Crippen molar-refractivity contribution in [1.29, 1.82) is 0 Å². The average Bonchev–Trinajstić information content (AvgIpc) is 3.08. The van der Waals surface area contributed by atoms with Crippen molar-refractivity contribution >= 4 is 5.91 Å². The first kappa shape index (κ1) is 12.6. The number of amides is 1. The Hall–Kier alpha value is -1.45. The quantitative estimate of drug-likeness (QED) is 0.819. The second-order valence-corrected chi connectivity index (χ2v) is 6.65. The van der Waals surface area contributed by atoms with Crippen molar-refractivity contribution in [3.8, 4) is 0 Å². The zero-order valence-electron chi connectivity index (χ0n) is 12.1. The van der Waals surface area contributed by atoms with Crippen LogP contribution in [0.15, 0.2) is 6.07 Å². The lowest BCUT2D eigenvalue weighted by atomic mass is 9.72. The van der Waals surface area contributed by atoms with Crippen LogP contribution in [0.2, 0.25) is 0 Å². The molecule has 4 nitrogen and oxygen atoms in total. The number of hydrogen-bond donors (Lipinski definition) is 0. The van der Waals surface area contributed by atoms with Crippen LogP contribution in [0.3, 0.4) is 0 Å². The van der Waals surface area contributed by atoms with E-state index in [1.54, 1.807) is 6.07 Å². The van der Waals surface area contributed by atoms with E-state index in [9.17, 15) is 4.79 Å². The molecular weight excluding hydrogens is 238 g/mol. The van der Waals surface area contributed by atoms with Gasteiger partial charge in [0.2, 0.25) is 0 Å². The van der Waals surface area contributed by atoms with Crippen LogP contribution < -0.4 is 0 Å². The van der Waals surface area contributed by atoms with E-state index in [1.807, 2.05) is 18.7 Å². The summed E-state index contributed by atoms with van der Waals surface area (Å²) in [6.07, 6.45) is 2.53. The Bertz CT molecular complexity index is 514. The van der Waals surface area contributed by atoms with Gasteiger partial charge in [0, 0.05) is 23.7 Å². The monoisotopic (exact) mass is 259 g/mol. The van der Waals surface area contributed by atoms with Crippen LogP contribution in [-0.4, -0.2) is 33.4 Å². The lowest BCUT2D eigenvalue weighted by Gasteiger charge is -2.54. The van der Waals surface area contributed by atoms with Gasteiger partial charge in [-0.2, -0.15) is 0 Å². The number of rotatable bonds is 2. The Morgan fingerprint density at radius 2 is 2.00 bits per heavy atom. The first-order valence-electron chi connectivity index (χ1n) is 7.02. The van der Waals surface area contributed by atoms with E-state index < -0.39 is 0 Å². The van der Waals surface area contributed by atoms with Crippen molar-refractivity contribution in [3.63, 3.8) is 0 Å². The van der Waals surface area contributed by atoms with Gasteiger partial charge >= 0.3 is 0 Å². The summed E-state index contributed by atoms with van der Waals surface area (Å²) in [7, 11) is 0. The van der Waals surface area contributed by atoms with Gasteiger partial charge in [0.1, 0.15) is 11.5 Å². The fraction of sp³-hybridized carbons (Fsp3) is 0.667. The Morgan fingerprint density at radius 1 is 1.32 bits per heavy atom. The molecule has 1 saturated heterocycles. The summed E-state index contributed by atoms with van der Waals surface area (Å²) >= 11 is 0. The van der Waals surface area contributed by atoms with Gasteiger partial charge < -0.3 is 4.90 Å². The van der Waals surface area contributed by atoms with Crippen molar-refractivity contribution in [1.82, 2.24) is 14.9 Å². The maximum Gasteiger partial charge on any atom is 0.272 e. The van der Waals surface area contributed by atoms with E-state index in [0.29, 0.717) is 23.5 Å². The van der Waals surface area contributed by atoms with Crippen molar-refractivity contribution in [2.75, 3.05) is 6.54 Å². The second kappa shape index (κ2) is 4.02. The summed E-state index contributed by atoms with van der Waals surface area (Å²) in [5.74, 6) is 1.45. The van der Waals surface area contributed by atoms with Crippen LogP contribution in [0.4, 0.5) is 0 Å². The first-order chi connectivity index (χ1) is 8.88. The number of hydrogen-bond acceptors (Lipinski definition) is 3. The molecule has 1 amide bonds. The smallest absolute Gasteiger partial charge is 0.272 e. The zero-order valence-corrected chi connectivity index (χ0v) is 12.1. The number of carbonyl (C=O) groups excluding carboxylic acids is 1. The molecule has 2 heterocycles. The number of aryl methyl sites for hydroxylation is 2. The van der Waals surface area contributed by atoms with Crippen LogP contribution in [0, 0.1) is 25.2 Å². The molecule has 0 aromatic carbocycles. The fourth-order valence-corrected chi connectivity index (χ4v) is 3.42. The van der Waals surface area contributed by atoms with Gasteiger partial charge in [-0.1, -0.05) is 13.8 Å². The lowest BCUT2D eigenvalue weighted by molar-refractivity contribution is -0.0413. The third-order valence-electron chi connectivity index (χ3n) is 4.23. The standard InChI is InChI=1S/C15H21N3O/c1-9-7-12(17-10(2)16-9)14(19)18-8-15(3,4)13(18)11-5-6-11/h7,11,13H,5-6,8H2,1-4H3/t13-/m0/s1. The molecule has 2 fully saturated rings. The van der Waals surface area contributed by atoms with Crippen LogP contribution >= 0.6 is 0 Å². The minimum Gasteiger partial charge on any atom is -0.333 e. The van der Waals surface area contributed by atoms with E-state index in [-0.39, 0.29) is 11.3 Å². The highest BCUT2D eigenvalue weighted by atomic mass is 16.2. The van der Waals surface area contributed by atoms with E-state index in [2.05, 4.69) is 23.8 Å². The molecule has 1 saturated carbocycles. The lowest BCUT2D eigenvalue weighted by Crippen LogP contribution is -2.64. The van der Waals surface area contributed by atoms with Crippen LogP contribution in [0.1, 0.15) is 48.7 Å². The minimum absolute atomic E-state index is 0.0739. The van der Waals surface area contributed by atoms with E-state index in [1.165, 1.54) is 12.8 Å². The molecular formula is C15H21N3O. The second-order valence-electron chi connectivity index (χ2n) is 6.65. The Morgan fingerprint density at radius 3 is 2.53 bits per heavy atom. The molecule has 0 radical (unpaired) electrons. The summed E-state index contributed by atoms with van der Waals surface area (Å²) < 4.78 is 0. The average molecular weight is 259 g/mol. The third kappa shape index (κ3) is 2.13. The number of nitrogens with zero attached hydrogens (tertiary/aromatic N) is 3. The summed E-state index contributed by atoms with van der Waals surface area (Å²) in [4.78, 5) is 23.1. The molecule has 102 valence electrons. The molecule has 2 aliphatic rings. The number of aromatic nitrogens is 2. The van der Waals surface area contributed by atoms with E-state index in [0.717, 1.165) is 12.2 Å². The molecule has 1 aliphatic carbocycles. The normalized spacial score (nSPS) is 25.1. The molecule has 1 atom stereocenters. The van der Waals surface area contributed by atoms with Gasteiger partial charge in [-0.3, -0.25) is 4.79 Å². The van der Waals surface area contributed by atoms with E-state index >= 15 is 0 Å². The van der Waals surface area contributed by atoms with Gasteiger partial charge in [0.05, 0.1) is 0 Å². The van der Waals surface area contributed by atoms with Crippen molar-refractivity contribution in [2.24, 2.45) is 11.3 Å². The molecule has 3 rings (SSSR count). The maximum atomic E-state index is 12.6. The third-order valence-corrected chi connectivity index (χ3v) is 4.23. The number of likely N-dealkylation sites (tertiary alicyclic amines) is 1. The van der Waals surface area contributed by atoms with Gasteiger partial charge in [0.25, 0.3) is 5.91 Å². The maximum absolute atomic E-state index is 12.6. The molecule has 0 N–H and O–H groups in total. The van der Waals surface area contributed by atoms with Gasteiger partial charge in [-0.15, -0.1) is 0 Å². The predicted octanol–water partition coefficient (Wildman–Crippen LogP) is 2.35. The fourth-order valence-electron chi connectivity index (χ4n) is 3.42. The first-order valence-corrected chi connectivity index (χ1v) is 7.02. The SMILES string of the molecule is Cc1cc(C(=O)N2CC(C)(C)[C@@H]2C2CC2)nc(C)n1. The molecule has 1 aromatic heterocycles. The molecule has 0 bridgehead atoms. The Labute approximate surface area is 114 Å². The van der Waals surface area contributed by atoms with Gasteiger partial charge in [-0.25, -0.2) is 9.97 Å². The van der Waals surface area contributed by atoms with Crippen molar-refractivity contribution < 1.29 is 4.79 Å². The van der Waals surface area contributed by atoms with Crippen molar-refractivity contribution in [2.45, 2.75) is 46.6 Å². The van der Waals surface area contributed by atoms with Crippen LogP contribution in [-0.2, 0) is 0 Å². The molecule has 4 heteroatoms.